The molecule has 0 amide bonds. The van der Waals surface area contributed by atoms with Gasteiger partial charge in [0.25, 0.3) is 0 Å². The zero-order valence-electron chi connectivity index (χ0n) is 12.0. The van der Waals surface area contributed by atoms with E-state index in [-0.39, 0.29) is 6.04 Å². The first-order valence-corrected chi connectivity index (χ1v) is 8.28. The van der Waals surface area contributed by atoms with Crippen LogP contribution in [0.4, 0.5) is 0 Å². The van der Waals surface area contributed by atoms with Crippen LogP contribution in [0.25, 0.3) is 11.5 Å². The van der Waals surface area contributed by atoms with Gasteiger partial charge in [-0.2, -0.15) is 0 Å². The number of rotatable bonds is 4. The van der Waals surface area contributed by atoms with Gasteiger partial charge in [-0.15, -0.1) is 11.3 Å². The summed E-state index contributed by atoms with van der Waals surface area (Å²) in [6, 6.07) is 0.274. The average Bonchev–Trinajstić information content (AvgIpc) is 3.31. The topological polar surface area (TPSA) is 70.6 Å². The predicted octanol–water partition coefficient (Wildman–Crippen LogP) is 2.66. The lowest BCUT2D eigenvalue weighted by molar-refractivity contribution is 0.242. The van der Waals surface area contributed by atoms with Crippen molar-refractivity contribution in [3.8, 4) is 11.5 Å². The highest BCUT2D eigenvalue weighted by Gasteiger charge is 2.30. The molecular formula is C15H16N6S. The predicted molar refractivity (Wildman–Crippen MR) is 84.1 cm³/mol. The molecule has 22 heavy (non-hydrogen) atoms. The van der Waals surface area contributed by atoms with Gasteiger partial charge in [0.2, 0.25) is 0 Å². The fourth-order valence-electron chi connectivity index (χ4n) is 3.02. The van der Waals surface area contributed by atoms with Crippen molar-refractivity contribution in [1.82, 2.24) is 29.8 Å². The number of imidazole rings is 1. The summed E-state index contributed by atoms with van der Waals surface area (Å²) in [5, 5.41) is 2.11. The third-order valence-corrected chi connectivity index (χ3v) is 4.61. The van der Waals surface area contributed by atoms with Crippen molar-refractivity contribution >= 4 is 11.3 Å². The number of aromatic nitrogens is 5. The summed E-state index contributed by atoms with van der Waals surface area (Å²) < 4.78 is 0. The molecule has 0 unspecified atom stereocenters. The molecule has 3 aromatic rings. The normalized spacial score (nSPS) is 18.8. The van der Waals surface area contributed by atoms with Crippen LogP contribution in [-0.2, 0) is 6.54 Å². The van der Waals surface area contributed by atoms with E-state index >= 15 is 0 Å². The Bertz CT molecular complexity index is 724. The van der Waals surface area contributed by atoms with Gasteiger partial charge in [-0.1, -0.05) is 0 Å². The van der Waals surface area contributed by atoms with Crippen LogP contribution in [0.2, 0.25) is 0 Å². The number of H-pyrrole nitrogens is 1. The largest absolute Gasteiger partial charge is 0.343 e. The third kappa shape index (κ3) is 2.53. The fourth-order valence-corrected chi connectivity index (χ4v) is 3.57. The summed E-state index contributed by atoms with van der Waals surface area (Å²) in [5.41, 5.74) is 4.87. The Morgan fingerprint density at radius 1 is 1.18 bits per heavy atom. The molecule has 0 spiro atoms. The maximum absolute atomic E-state index is 4.61. The number of thiazole rings is 1. The van der Waals surface area contributed by atoms with E-state index in [2.05, 4.69) is 35.2 Å². The standard InChI is InChI=1S/C15H16N6S/c1-2-12(21(7-1)8-11-9-22-10-20-11)13-14(17-4-3-16-13)15-18-5-6-19-15/h3-6,9-10,12H,1-2,7-8H2,(H,18,19)/t12-/m1/s1. The molecule has 1 N–H and O–H groups in total. The average molecular weight is 312 g/mol. The van der Waals surface area contributed by atoms with Gasteiger partial charge in [-0.05, 0) is 19.4 Å². The Morgan fingerprint density at radius 3 is 2.95 bits per heavy atom. The van der Waals surface area contributed by atoms with E-state index in [0.717, 1.165) is 42.4 Å². The second-order valence-electron chi connectivity index (χ2n) is 5.34. The zero-order chi connectivity index (χ0) is 14.8. The van der Waals surface area contributed by atoms with Crippen LogP contribution >= 0.6 is 11.3 Å². The number of aromatic amines is 1. The molecule has 4 heterocycles. The molecule has 1 aliphatic heterocycles. The Morgan fingerprint density at radius 2 is 2.14 bits per heavy atom. The number of hydrogen-bond acceptors (Lipinski definition) is 6. The molecule has 0 bridgehead atoms. The van der Waals surface area contributed by atoms with Crippen LogP contribution in [-0.4, -0.2) is 36.4 Å². The van der Waals surface area contributed by atoms with Crippen molar-refractivity contribution in [1.29, 1.82) is 0 Å². The molecular weight excluding hydrogens is 296 g/mol. The summed E-state index contributed by atoms with van der Waals surface area (Å²) in [6.45, 7) is 1.93. The van der Waals surface area contributed by atoms with Crippen LogP contribution in [0.5, 0.6) is 0 Å². The highest BCUT2D eigenvalue weighted by atomic mass is 32.1. The lowest BCUT2D eigenvalue weighted by atomic mass is 10.1. The van der Waals surface area contributed by atoms with Gasteiger partial charge < -0.3 is 4.98 Å². The van der Waals surface area contributed by atoms with E-state index in [1.807, 2.05) is 11.7 Å². The molecule has 0 radical (unpaired) electrons. The van der Waals surface area contributed by atoms with Crippen molar-refractivity contribution in [2.24, 2.45) is 0 Å². The molecule has 1 atom stereocenters. The monoisotopic (exact) mass is 312 g/mol. The smallest absolute Gasteiger partial charge is 0.157 e. The minimum absolute atomic E-state index is 0.274. The first-order valence-electron chi connectivity index (χ1n) is 7.33. The number of nitrogens with one attached hydrogen (secondary N) is 1. The minimum atomic E-state index is 0.274. The van der Waals surface area contributed by atoms with E-state index < -0.39 is 0 Å². The van der Waals surface area contributed by atoms with Crippen molar-refractivity contribution in [2.45, 2.75) is 25.4 Å². The van der Waals surface area contributed by atoms with Gasteiger partial charge in [0, 0.05) is 36.7 Å². The summed E-state index contributed by atoms with van der Waals surface area (Å²) in [4.78, 5) is 23.4. The number of nitrogens with zero attached hydrogens (tertiary/aromatic N) is 5. The molecule has 0 aromatic carbocycles. The number of likely N-dealkylation sites (tertiary alicyclic amines) is 1. The Labute approximate surface area is 132 Å². The lowest BCUT2D eigenvalue weighted by Gasteiger charge is -2.24. The molecule has 4 rings (SSSR count). The summed E-state index contributed by atoms with van der Waals surface area (Å²) >= 11 is 1.64. The number of hydrogen-bond donors (Lipinski definition) is 1. The Hall–Kier alpha value is -2.12. The van der Waals surface area contributed by atoms with Gasteiger partial charge in [-0.3, -0.25) is 9.88 Å². The van der Waals surface area contributed by atoms with Crippen molar-refractivity contribution in [2.75, 3.05) is 6.54 Å². The summed E-state index contributed by atoms with van der Waals surface area (Å²) in [6.07, 6.45) is 9.31. The maximum atomic E-state index is 4.61. The Balaban J connectivity index is 1.66. The van der Waals surface area contributed by atoms with Crippen LogP contribution < -0.4 is 0 Å². The van der Waals surface area contributed by atoms with E-state index in [9.17, 15) is 0 Å². The zero-order valence-corrected chi connectivity index (χ0v) is 12.8. The molecule has 3 aromatic heterocycles. The second-order valence-corrected chi connectivity index (χ2v) is 6.05. The van der Waals surface area contributed by atoms with Gasteiger partial charge in [0.15, 0.2) is 5.82 Å². The van der Waals surface area contributed by atoms with Crippen LogP contribution in [0, 0.1) is 0 Å². The third-order valence-electron chi connectivity index (χ3n) is 3.98. The molecule has 112 valence electrons. The lowest BCUT2D eigenvalue weighted by Crippen LogP contribution is -2.24. The van der Waals surface area contributed by atoms with Gasteiger partial charge in [0.1, 0.15) is 5.69 Å². The molecule has 1 saturated heterocycles. The van der Waals surface area contributed by atoms with Gasteiger partial charge >= 0.3 is 0 Å². The second kappa shape index (κ2) is 5.94. The van der Waals surface area contributed by atoms with Crippen molar-refractivity contribution < 1.29 is 0 Å². The molecule has 1 fully saturated rings. The van der Waals surface area contributed by atoms with Crippen LogP contribution in [0.1, 0.15) is 30.3 Å². The summed E-state index contributed by atoms with van der Waals surface area (Å²) in [5.74, 6) is 0.781. The molecule has 7 heteroatoms. The van der Waals surface area contributed by atoms with E-state index in [1.165, 1.54) is 6.42 Å². The van der Waals surface area contributed by atoms with Crippen LogP contribution in [0.3, 0.4) is 0 Å². The highest BCUT2D eigenvalue weighted by molar-refractivity contribution is 7.07. The van der Waals surface area contributed by atoms with Gasteiger partial charge in [0.05, 0.1) is 22.9 Å². The maximum Gasteiger partial charge on any atom is 0.157 e. The SMILES string of the molecule is c1c[nH]c(-c2nccnc2[C@H]2CCCN2Cc2cscn2)n1. The van der Waals surface area contributed by atoms with Crippen molar-refractivity contribution in [3.63, 3.8) is 0 Å². The highest BCUT2D eigenvalue weighted by Crippen LogP contribution is 2.35. The minimum Gasteiger partial charge on any atom is -0.343 e. The molecule has 0 aliphatic carbocycles. The molecule has 1 aliphatic rings. The Kier molecular flexibility index (Phi) is 3.65. The summed E-state index contributed by atoms with van der Waals surface area (Å²) in [7, 11) is 0. The van der Waals surface area contributed by atoms with E-state index in [1.54, 1.807) is 29.9 Å². The van der Waals surface area contributed by atoms with Gasteiger partial charge in [-0.25, -0.2) is 15.0 Å². The van der Waals surface area contributed by atoms with Crippen molar-refractivity contribution in [3.05, 3.63) is 47.1 Å². The van der Waals surface area contributed by atoms with Crippen LogP contribution in [0.15, 0.2) is 35.7 Å². The van der Waals surface area contributed by atoms with E-state index in [0.29, 0.717) is 0 Å². The first-order chi connectivity index (χ1) is 10.9. The fraction of sp³-hybridized carbons (Fsp3) is 0.333. The van der Waals surface area contributed by atoms with E-state index in [4.69, 9.17) is 0 Å². The quantitative estimate of drug-likeness (QED) is 0.802. The molecule has 0 saturated carbocycles. The first kappa shape index (κ1) is 13.5. The molecule has 6 nitrogen and oxygen atoms in total.